The number of aliphatic hydroxyl groups is 2. The van der Waals surface area contributed by atoms with E-state index < -0.39 is 45.8 Å². The Hall–Kier alpha value is -1.50. The first-order chi connectivity index (χ1) is 14.9. The van der Waals surface area contributed by atoms with Crippen molar-refractivity contribution in [2.24, 2.45) is 28.6 Å². The van der Waals surface area contributed by atoms with E-state index in [2.05, 4.69) is 0 Å². The molecule has 3 fully saturated rings. The summed E-state index contributed by atoms with van der Waals surface area (Å²) in [4.78, 5) is 36.7. The number of carbonyl (C=O) groups is 3. The summed E-state index contributed by atoms with van der Waals surface area (Å²) in [6.45, 7) is 6.72. The zero-order chi connectivity index (χ0) is 23.7. The largest absolute Gasteiger partial charge is 0.450 e. The van der Waals surface area contributed by atoms with E-state index in [0.29, 0.717) is 19.3 Å². The minimum Gasteiger partial charge on any atom is -0.450 e. The van der Waals surface area contributed by atoms with Gasteiger partial charge < -0.3 is 14.9 Å². The Morgan fingerprint density at radius 1 is 1.28 bits per heavy atom. The monoisotopic (exact) mass is 464 g/mol. The molecule has 0 radical (unpaired) electrons. The van der Waals surface area contributed by atoms with Crippen LogP contribution >= 0.6 is 11.6 Å². The smallest absolute Gasteiger partial charge is 0.306 e. The molecule has 0 aliphatic heterocycles. The van der Waals surface area contributed by atoms with Crippen LogP contribution in [0.5, 0.6) is 0 Å². The number of allylic oxidation sites excluding steroid dienone is 4. The van der Waals surface area contributed by atoms with Crippen molar-refractivity contribution in [3.05, 3.63) is 23.8 Å². The normalized spacial score (nSPS) is 47.2. The van der Waals surface area contributed by atoms with Crippen LogP contribution in [0.2, 0.25) is 0 Å². The van der Waals surface area contributed by atoms with Gasteiger partial charge in [-0.2, -0.15) is 0 Å². The topological polar surface area (TPSA) is 101 Å². The maximum atomic E-state index is 13.2. The fourth-order valence-corrected chi connectivity index (χ4v) is 8.29. The quantitative estimate of drug-likeness (QED) is 0.489. The molecular formula is C25H33ClO6. The fraction of sp³-hybridized carbons (Fsp3) is 0.720. The summed E-state index contributed by atoms with van der Waals surface area (Å²) in [5.74, 6) is -1.66. The fourth-order valence-electron chi connectivity index (χ4n) is 7.77. The number of fused-ring (bicyclic) bond motifs is 5. The molecule has 4 aliphatic rings. The zero-order valence-corrected chi connectivity index (χ0v) is 19.9. The standard InChI is InChI=1S/C25H33ClO6/c1-5-21(31)32-25(20(30)13-27)14(2)10-18-17-7-6-15-11-16(28)8-9-22(15,3)24(17,26)19(29)12-23(18,25)4/h8-9,11,14,17-19,27,29H,5-7,10,12-13H2,1-4H3/t14-,17+,18+,19+,22+,23+,24+,25+/m1/s1. The molecule has 7 heteroatoms. The van der Waals surface area contributed by atoms with Gasteiger partial charge in [-0.1, -0.05) is 39.3 Å². The number of alkyl halides is 1. The Morgan fingerprint density at radius 2 is 1.97 bits per heavy atom. The third-order valence-electron chi connectivity index (χ3n) is 9.30. The van der Waals surface area contributed by atoms with Gasteiger partial charge in [-0.05, 0) is 49.7 Å². The first kappa shape index (κ1) is 23.7. The summed E-state index contributed by atoms with van der Waals surface area (Å²) in [7, 11) is 0. The average molecular weight is 465 g/mol. The Balaban J connectivity index is 1.85. The van der Waals surface area contributed by atoms with Gasteiger partial charge in [0.2, 0.25) is 5.78 Å². The average Bonchev–Trinajstić information content (AvgIpc) is 2.96. The molecule has 0 aromatic carbocycles. The number of rotatable bonds is 4. The first-order valence-corrected chi connectivity index (χ1v) is 12.0. The van der Waals surface area contributed by atoms with Crippen molar-refractivity contribution < 1.29 is 29.3 Å². The van der Waals surface area contributed by atoms with Gasteiger partial charge in [-0.15, -0.1) is 11.6 Å². The van der Waals surface area contributed by atoms with Crippen LogP contribution in [-0.2, 0) is 19.1 Å². The molecule has 0 amide bonds. The lowest BCUT2D eigenvalue weighted by molar-refractivity contribution is -0.202. The minimum atomic E-state index is -1.51. The Labute approximate surface area is 194 Å². The molecule has 0 saturated heterocycles. The molecular weight excluding hydrogens is 432 g/mol. The summed E-state index contributed by atoms with van der Waals surface area (Å²) < 4.78 is 5.92. The number of carbonyl (C=O) groups excluding carboxylic acids is 3. The molecule has 3 saturated carbocycles. The number of Topliss-reactive ketones (excluding diaryl/α,β-unsaturated/α-hetero) is 1. The summed E-state index contributed by atoms with van der Waals surface area (Å²) in [6, 6.07) is 0. The highest BCUT2D eigenvalue weighted by molar-refractivity contribution is 6.26. The lowest BCUT2D eigenvalue weighted by Crippen LogP contribution is -2.69. The molecule has 0 aromatic heterocycles. The predicted molar refractivity (Wildman–Crippen MR) is 119 cm³/mol. The van der Waals surface area contributed by atoms with Crippen LogP contribution in [0.25, 0.3) is 0 Å². The Bertz CT molecular complexity index is 925. The summed E-state index contributed by atoms with van der Waals surface area (Å²) in [6.07, 6.45) is 6.21. The van der Waals surface area contributed by atoms with E-state index in [4.69, 9.17) is 16.3 Å². The van der Waals surface area contributed by atoms with E-state index in [1.165, 1.54) is 6.08 Å². The summed E-state index contributed by atoms with van der Waals surface area (Å²) in [5, 5.41) is 21.5. The number of halogens is 1. The van der Waals surface area contributed by atoms with Gasteiger partial charge in [-0.25, -0.2) is 0 Å². The van der Waals surface area contributed by atoms with Crippen molar-refractivity contribution in [3.8, 4) is 0 Å². The van der Waals surface area contributed by atoms with Crippen LogP contribution in [0.15, 0.2) is 23.8 Å². The third-order valence-corrected chi connectivity index (χ3v) is 10.2. The molecule has 32 heavy (non-hydrogen) atoms. The molecule has 0 spiro atoms. The van der Waals surface area contributed by atoms with Gasteiger partial charge in [0.15, 0.2) is 11.4 Å². The second-order valence-electron chi connectivity index (χ2n) is 10.5. The van der Waals surface area contributed by atoms with Gasteiger partial charge in [0.05, 0.1) is 11.0 Å². The van der Waals surface area contributed by atoms with E-state index in [0.717, 1.165) is 5.57 Å². The SMILES string of the molecule is CCC(=O)O[C@]1(C(=O)CO)[C@H](C)C[C@H]2[C@@H]3CCC4=CC(=O)C=C[C@]4(C)[C@@]3(Cl)[C@@H](O)C[C@@]21C. The van der Waals surface area contributed by atoms with Crippen molar-refractivity contribution in [2.75, 3.05) is 6.61 Å². The predicted octanol–water partition coefficient (Wildman–Crippen LogP) is 3.13. The highest BCUT2D eigenvalue weighted by Gasteiger charge is 2.76. The van der Waals surface area contributed by atoms with E-state index in [1.54, 1.807) is 13.0 Å². The van der Waals surface area contributed by atoms with Gasteiger partial charge >= 0.3 is 5.97 Å². The lowest BCUT2D eigenvalue weighted by atomic mass is 9.45. The maximum Gasteiger partial charge on any atom is 0.306 e. The van der Waals surface area contributed by atoms with Crippen LogP contribution in [0, 0.1) is 28.6 Å². The number of ether oxygens (including phenoxy) is 1. The lowest BCUT2D eigenvalue weighted by Gasteiger charge is -2.64. The van der Waals surface area contributed by atoms with Crippen LogP contribution in [0.3, 0.4) is 0 Å². The van der Waals surface area contributed by atoms with Gasteiger partial charge in [-0.3, -0.25) is 14.4 Å². The van der Waals surface area contributed by atoms with Gasteiger partial charge in [0.25, 0.3) is 0 Å². The van der Waals surface area contributed by atoms with Gasteiger partial charge in [0.1, 0.15) is 6.61 Å². The molecule has 0 heterocycles. The van der Waals surface area contributed by atoms with Crippen molar-refractivity contribution in [1.29, 1.82) is 0 Å². The number of hydrogen-bond acceptors (Lipinski definition) is 6. The highest BCUT2D eigenvalue weighted by atomic mass is 35.5. The molecule has 0 bridgehead atoms. The van der Waals surface area contributed by atoms with Crippen LogP contribution < -0.4 is 0 Å². The number of esters is 1. The van der Waals surface area contributed by atoms with Crippen LogP contribution in [-0.4, -0.2) is 50.9 Å². The number of ketones is 2. The highest BCUT2D eigenvalue weighted by Crippen LogP contribution is 2.72. The molecule has 2 N–H and O–H groups in total. The van der Waals surface area contributed by atoms with E-state index in [9.17, 15) is 24.6 Å². The van der Waals surface area contributed by atoms with E-state index >= 15 is 0 Å². The van der Waals surface area contributed by atoms with E-state index in [1.807, 2.05) is 26.8 Å². The summed E-state index contributed by atoms with van der Waals surface area (Å²) >= 11 is 7.41. The number of hydrogen-bond donors (Lipinski definition) is 2. The molecule has 8 atom stereocenters. The zero-order valence-electron chi connectivity index (χ0n) is 19.2. The summed E-state index contributed by atoms with van der Waals surface area (Å²) in [5.41, 5.74) is -2.14. The molecule has 0 aromatic rings. The van der Waals surface area contributed by atoms with Crippen LogP contribution in [0.4, 0.5) is 0 Å². The van der Waals surface area contributed by atoms with Crippen molar-refractivity contribution in [1.82, 2.24) is 0 Å². The second kappa shape index (κ2) is 7.51. The number of aliphatic hydroxyl groups excluding tert-OH is 2. The van der Waals surface area contributed by atoms with Crippen molar-refractivity contribution in [2.45, 2.75) is 76.4 Å². The molecule has 6 nitrogen and oxygen atoms in total. The van der Waals surface area contributed by atoms with Crippen LogP contribution in [0.1, 0.15) is 59.8 Å². The molecule has 4 aliphatic carbocycles. The molecule has 176 valence electrons. The molecule has 0 unspecified atom stereocenters. The third kappa shape index (κ3) is 2.69. The van der Waals surface area contributed by atoms with E-state index in [-0.39, 0.29) is 36.4 Å². The van der Waals surface area contributed by atoms with Gasteiger partial charge in [0, 0.05) is 23.2 Å². The van der Waals surface area contributed by atoms with Crippen molar-refractivity contribution >= 4 is 29.1 Å². The minimum absolute atomic E-state index is 0.0696. The second-order valence-corrected chi connectivity index (χ2v) is 11.2. The first-order valence-electron chi connectivity index (χ1n) is 11.6. The van der Waals surface area contributed by atoms with Crippen molar-refractivity contribution in [3.63, 3.8) is 0 Å². The Kier molecular flexibility index (Phi) is 5.55. The molecule has 4 rings (SSSR count). The Morgan fingerprint density at radius 3 is 2.59 bits per heavy atom. The maximum absolute atomic E-state index is 13.2.